The summed E-state index contributed by atoms with van der Waals surface area (Å²) in [6, 6.07) is 14.8. The van der Waals surface area contributed by atoms with Crippen LogP contribution in [0.2, 0.25) is 0 Å². The number of rotatable bonds is 11. The van der Waals surface area contributed by atoms with Crippen LogP contribution in [0.3, 0.4) is 0 Å². The van der Waals surface area contributed by atoms with Gasteiger partial charge >= 0.3 is 5.97 Å². The van der Waals surface area contributed by atoms with E-state index in [2.05, 4.69) is 116 Å². The summed E-state index contributed by atoms with van der Waals surface area (Å²) in [5.41, 5.74) is 8.56. The van der Waals surface area contributed by atoms with E-state index in [1.54, 1.807) is 13.0 Å². The lowest BCUT2D eigenvalue weighted by atomic mass is 10.00. The first-order valence-electron chi connectivity index (χ1n) is 12.9. The molecule has 0 saturated carbocycles. The lowest BCUT2D eigenvalue weighted by Gasteiger charge is -2.18. The van der Waals surface area contributed by atoms with Gasteiger partial charge < -0.3 is 15.0 Å². The zero-order valence-electron chi connectivity index (χ0n) is 24.0. The average molecular weight is 600 g/mol. The summed E-state index contributed by atoms with van der Waals surface area (Å²) in [5, 5.41) is 14.0. The van der Waals surface area contributed by atoms with Gasteiger partial charge in [-0.1, -0.05) is 78.7 Å². The first kappa shape index (κ1) is 32.1. The molecule has 0 bridgehead atoms. The molecule has 1 heterocycles. The number of aliphatic carboxylic acids is 1. The van der Waals surface area contributed by atoms with Crippen LogP contribution < -0.4 is 5.32 Å². The smallest absolute Gasteiger partial charge is 0.335 e. The van der Waals surface area contributed by atoms with E-state index in [0.29, 0.717) is 17.7 Å². The molecule has 0 spiro atoms. The Morgan fingerprint density at radius 1 is 1.05 bits per heavy atom. The third-order valence-corrected chi connectivity index (χ3v) is 7.39. The van der Waals surface area contributed by atoms with Crippen LogP contribution in [0.4, 0.5) is 0 Å². The van der Waals surface area contributed by atoms with Crippen molar-refractivity contribution in [2.45, 2.75) is 40.3 Å². The molecule has 3 rings (SSSR count). The van der Waals surface area contributed by atoms with Crippen LogP contribution in [0.15, 0.2) is 127 Å². The molecular weight excluding hydrogens is 560 g/mol. The summed E-state index contributed by atoms with van der Waals surface area (Å²) in [6.45, 7) is 31.0. The van der Waals surface area contributed by atoms with E-state index < -0.39 is 5.97 Å². The number of benzene rings is 2. The van der Waals surface area contributed by atoms with Gasteiger partial charge in [0.1, 0.15) is 0 Å². The molecule has 0 saturated heterocycles. The van der Waals surface area contributed by atoms with Crippen LogP contribution in [-0.4, -0.2) is 15.6 Å². The molecule has 208 valence electrons. The molecule has 0 radical (unpaired) electrons. The van der Waals surface area contributed by atoms with E-state index in [9.17, 15) is 9.90 Å². The molecule has 1 aromatic heterocycles. The molecule has 3 aromatic rings. The number of allylic oxidation sites excluding steroid dienone is 5. The predicted octanol–water partition coefficient (Wildman–Crippen LogP) is 9.40. The van der Waals surface area contributed by atoms with Gasteiger partial charge in [0.05, 0.1) is 5.57 Å². The van der Waals surface area contributed by atoms with Gasteiger partial charge in [0.25, 0.3) is 0 Å². The van der Waals surface area contributed by atoms with Crippen LogP contribution in [0.5, 0.6) is 0 Å². The second kappa shape index (κ2) is 14.3. The number of hydrogen-bond acceptors (Lipinski definition) is 2. The van der Waals surface area contributed by atoms with Crippen LogP contribution in [-0.2, 0) is 11.3 Å². The van der Waals surface area contributed by atoms with Crippen molar-refractivity contribution in [3.8, 4) is 0 Å². The van der Waals surface area contributed by atoms with Gasteiger partial charge in [-0.15, -0.1) is 13.2 Å². The molecule has 1 unspecified atom stereocenters. The molecule has 0 aliphatic rings. The quantitative estimate of drug-likeness (QED) is 0.131. The minimum absolute atomic E-state index is 0.124. The van der Waals surface area contributed by atoms with E-state index in [1.165, 1.54) is 28.3 Å². The summed E-state index contributed by atoms with van der Waals surface area (Å²) in [5.74, 6) is -1.02. The van der Waals surface area contributed by atoms with Gasteiger partial charge in [0.2, 0.25) is 0 Å². The van der Waals surface area contributed by atoms with Crippen molar-refractivity contribution in [2.75, 3.05) is 0 Å². The third kappa shape index (κ3) is 7.51. The Morgan fingerprint density at radius 2 is 1.68 bits per heavy atom. The first-order chi connectivity index (χ1) is 18.9. The van der Waals surface area contributed by atoms with Gasteiger partial charge in [0.15, 0.2) is 0 Å². The average Bonchev–Trinajstić information content (AvgIpc) is 3.17. The Labute approximate surface area is 247 Å². The van der Waals surface area contributed by atoms with E-state index in [0.717, 1.165) is 26.8 Å². The molecular formula is C35H39BrN2O2. The molecule has 1 atom stereocenters. The van der Waals surface area contributed by atoms with Crippen molar-refractivity contribution in [2.24, 2.45) is 0 Å². The Balaban J connectivity index is 0.00000274. The van der Waals surface area contributed by atoms with Gasteiger partial charge in [-0.25, -0.2) is 4.79 Å². The fourth-order valence-electron chi connectivity index (χ4n) is 4.40. The molecule has 0 fully saturated rings. The number of nitrogens with one attached hydrogen (secondary N) is 1. The number of carboxylic acids is 1. The number of carboxylic acid groups (broad SMARTS) is 1. The summed E-state index contributed by atoms with van der Waals surface area (Å²) >= 11 is 3.49. The summed E-state index contributed by atoms with van der Waals surface area (Å²) in [4.78, 5) is 11.4. The van der Waals surface area contributed by atoms with E-state index >= 15 is 0 Å². The van der Waals surface area contributed by atoms with E-state index in [-0.39, 0.29) is 11.6 Å². The Hall–Kier alpha value is -4.09. The maximum absolute atomic E-state index is 11.4. The molecule has 2 aromatic carbocycles. The molecule has 0 aliphatic heterocycles. The van der Waals surface area contributed by atoms with Crippen molar-refractivity contribution < 1.29 is 9.90 Å². The summed E-state index contributed by atoms with van der Waals surface area (Å²) in [7, 11) is 0. The van der Waals surface area contributed by atoms with Crippen LogP contribution in [0.1, 0.15) is 42.3 Å². The maximum atomic E-state index is 11.4. The highest BCUT2D eigenvalue weighted by Crippen LogP contribution is 2.29. The number of aromatic nitrogens is 1. The minimum atomic E-state index is -1.02. The number of hydrogen-bond donors (Lipinski definition) is 2. The van der Waals surface area contributed by atoms with Crippen molar-refractivity contribution in [3.05, 3.63) is 149 Å². The fourth-order valence-corrected chi connectivity index (χ4v) is 4.66. The molecule has 5 heteroatoms. The topological polar surface area (TPSA) is 54.3 Å². The highest BCUT2D eigenvalue weighted by molar-refractivity contribution is 9.10. The second-order valence-electron chi connectivity index (χ2n) is 9.43. The molecule has 4 nitrogen and oxygen atoms in total. The van der Waals surface area contributed by atoms with Crippen molar-refractivity contribution in [1.82, 2.24) is 9.88 Å². The Morgan fingerprint density at radius 3 is 2.25 bits per heavy atom. The zero-order chi connectivity index (χ0) is 30.1. The Kier molecular flexibility index (Phi) is 11.5. The number of carbonyl (C=O) groups is 1. The first-order valence-corrected chi connectivity index (χ1v) is 13.7. The van der Waals surface area contributed by atoms with Crippen LogP contribution in [0.25, 0.3) is 16.6 Å². The maximum Gasteiger partial charge on any atom is 0.335 e. The van der Waals surface area contributed by atoms with Crippen LogP contribution >= 0.6 is 15.9 Å². The molecule has 2 N–H and O–H groups in total. The third-order valence-electron chi connectivity index (χ3n) is 6.86. The van der Waals surface area contributed by atoms with E-state index in [4.69, 9.17) is 0 Å². The minimum Gasteiger partial charge on any atom is -0.478 e. The number of nitrogens with zero attached hydrogens (tertiary/aromatic N) is 1. The van der Waals surface area contributed by atoms with Crippen molar-refractivity contribution in [3.63, 3.8) is 0 Å². The lowest BCUT2D eigenvalue weighted by Crippen LogP contribution is -2.16. The van der Waals surface area contributed by atoms with Crippen LogP contribution in [0, 0.1) is 13.8 Å². The van der Waals surface area contributed by atoms with E-state index in [1.807, 2.05) is 18.2 Å². The normalized spacial score (nSPS) is 12.0. The SMILES string of the molecule is C=C.C=C(/C=C\C(=C)C(=C)/C(=C\C)C(=O)O)Cn1c(C)c(C)c2cc(C(=C)NC(C)c3ccc(Br)cc3)ccc21. The number of aryl methyl sites for hydroxylation is 1. The molecule has 40 heavy (non-hydrogen) atoms. The number of fused-ring (bicyclic) bond motifs is 1. The predicted molar refractivity (Wildman–Crippen MR) is 175 cm³/mol. The largest absolute Gasteiger partial charge is 0.478 e. The standard InChI is InChI=1S/C33H35BrN2O2.C2H4/c1-9-30(33(37)38)22(4)21(3)11-10-20(2)19-36-26(8)23(5)31-18-28(14-17-32(31)36)25(7)35-24(6)27-12-15-29(34)16-13-27;1-2/h9-18,24,35H,2-4,7,19H2,1,5-6,8H3,(H,37,38);1-2H2/b11-10-,30-9+;. The fraction of sp³-hybridized carbons (Fsp3) is 0.171. The Bertz CT molecular complexity index is 1520. The highest BCUT2D eigenvalue weighted by atomic mass is 79.9. The lowest BCUT2D eigenvalue weighted by molar-refractivity contribution is -0.132. The summed E-state index contributed by atoms with van der Waals surface area (Å²) in [6.07, 6.45) is 5.16. The van der Waals surface area contributed by atoms with Gasteiger partial charge in [0, 0.05) is 39.4 Å². The second-order valence-corrected chi connectivity index (χ2v) is 10.3. The molecule has 0 amide bonds. The summed E-state index contributed by atoms with van der Waals surface area (Å²) < 4.78 is 3.30. The van der Waals surface area contributed by atoms with Crippen molar-refractivity contribution in [1.29, 1.82) is 0 Å². The van der Waals surface area contributed by atoms with Gasteiger partial charge in [-0.05, 0) is 85.4 Å². The zero-order valence-corrected chi connectivity index (χ0v) is 25.6. The van der Waals surface area contributed by atoms with Gasteiger partial charge in [-0.3, -0.25) is 0 Å². The highest BCUT2D eigenvalue weighted by Gasteiger charge is 2.15. The molecule has 0 aliphatic carbocycles. The monoisotopic (exact) mass is 598 g/mol. The van der Waals surface area contributed by atoms with Crippen molar-refractivity contribution >= 4 is 38.5 Å². The number of halogens is 1. The van der Waals surface area contributed by atoms with Gasteiger partial charge in [-0.2, -0.15) is 0 Å².